The first-order chi connectivity index (χ1) is 13.4. The fourth-order valence-corrected chi connectivity index (χ4v) is 4.65. The van der Waals surface area contributed by atoms with E-state index in [0.717, 1.165) is 16.2 Å². The fraction of sp³-hybridized carbons (Fsp3) is 0.111. The lowest BCUT2D eigenvalue weighted by atomic mass is 10.3. The van der Waals surface area contributed by atoms with Gasteiger partial charge in [-0.15, -0.1) is 23.1 Å². The normalized spacial score (nSPS) is 11.1. The van der Waals surface area contributed by atoms with Crippen molar-refractivity contribution in [2.45, 2.75) is 9.79 Å². The Morgan fingerprint density at radius 1 is 1.18 bits per heavy atom. The van der Waals surface area contributed by atoms with E-state index >= 15 is 0 Å². The van der Waals surface area contributed by atoms with Crippen LogP contribution in [0, 0.1) is 0 Å². The number of thiazole rings is 1. The Morgan fingerprint density at radius 3 is 2.61 bits per heavy atom. The highest BCUT2D eigenvalue weighted by atomic mass is 32.2. The first-order valence-electron chi connectivity index (χ1n) is 7.99. The lowest BCUT2D eigenvalue weighted by molar-refractivity contribution is 0.102. The second-order valence-corrected chi connectivity index (χ2v) is 8.93. The molecule has 1 aromatic heterocycles. The van der Waals surface area contributed by atoms with Gasteiger partial charge in [0, 0.05) is 16.0 Å². The summed E-state index contributed by atoms with van der Waals surface area (Å²) < 4.78 is 32.3. The van der Waals surface area contributed by atoms with E-state index in [0.29, 0.717) is 11.4 Å². The minimum Gasteiger partial charge on any atom is -0.497 e. The van der Waals surface area contributed by atoms with Crippen LogP contribution in [0.5, 0.6) is 5.75 Å². The molecule has 2 N–H and O–H groups in total. The van der Waals surface area contributed by atoms with Gasteiger partial charge in [0.05, 0.1) is 12.0 Å². The van der Waals surface area contributed by atoms with Crippen molar-refractivity contribution in [3.63, 3.8) is 0 Å². The van der Waals surface area contributed by atoms with Crippen LogP contribution in [0.25, 0.3) is 0 Å². The van der Waals surface area contributed by atoms with Gasteiger partial charge in [0.2, 0.25) is 0 Å². The van der Waals surface area contributed by atoms with Gasteiger partial charge in [-0.05, 0) is 48.7 Å². The van der Waals surface area contributed by atoms with Crippen molar-refractivity contribution < 1.29 is 17.9 Å². The molecule has 0 aliphatic heterocycles. The Bertz CT molecular complexity index is 1080. The van der Waals surface area contributed by atoms with Gasteiger partial charge in [0.1, 0.15) is 11.4 Å². The van der Waals surface area contributed by atoms with Gasteiger partial charge in [-0.25, -0.2) is 13.4 Å². The Labute approximate surface area is 171 Å². The molecule has 0 radical (unpaired) electrons. The van der Waals surface area contributed by atoms with E-state index in [-0.39, 0.29) is 15.7 Å². The number of rotatable bonds is 7. The topological polar surface area (TPSA) is 97.4 Å². The van der Waals surface area contributed by atoms with E-state index in [1.807, 2.05) is 24.5 Å². The number of hydrogen-bond donors (Lipinski definition) is 2. The predicted molar refractivity (Wildman–Crippen MR) is 112 cm³/mol. The van der Waals surface area contributed by atoms with Crippen LogP contribution in [0.2, 0.25) is 0 Å². The quantitative estimate of drug-likeness (QED) is 0.546. The Balaban J connectivity index is 1.71. The number of benzene rings is 2. The maximum absolute atomic E-state index is 12.5. The maximum atomic E-state index is 12.5. The Hall–Kier alpha value is -2.56. The van der Waals surface area contributed by atoms with Gasteiger partial charge in [0.15, 0.2) is 5.13 Å². The minimum atomic E-state index is -3.81. The van der Waals surface area contributed by atoms with Crippen molar-refractivity contribution >= 4 is 49.8 Å². The molecule has 0 aliphatic carbocycles. The van der Waals surface area contributed by atoms with Crippen molar-refractivity contribution in [2.24, 2.45) is 0 Å². The summed E-state index contributed by atoms with van der Waals surface area (Å²) >= 11 is 2.60. The molecular formula is C18H17N3O4S3. The van der Waals surface area contributed by atoms with E-state index in [9.17, 15) is 13.2 Å². The van der Waals surface area contributed by atoms with Crippen LogP contribution in [0.15, 0.2) is 63.7 Å². The number of ether oxygens (including phenoxy) is 1. The smallest absolute Gasteiger partial charge is 0.275 e. The summed E-state index contributed by atoms with van der Waals surface area (Å²) in [5.41, 5.74) is 0.775. The van der Waals surface area contributed by atoms with Crippen LogP contribution < -0.4 is 14.8 Å². The summed E-state index contributed by atoms with van der Waals surface area (Å²) in [7, 11) is -2.31. The van der Waals surface area contributed by atoms with Gasteiger partial charge in [-0.1, -0.05) is 6.07 Å². The van der Waals surface area contributed by atoms with Crippen LogP contribution in [0.3, 0.4) is 0 Å². The second kappa shape index (κ2) is 8.63. The number of carbonyl (C=O) groups excluding carboxylic acids is 1. The van der Waals surface area contributed by atoms with Gasteiger partial charge < -0.3 is 10.1 Å². The number of anilines is 2. The molecule has 28 heavy (non-hydrogen) atoms. The monoisotopic (exact) mass is 435 g/mol. The molecular weight excluding hydrogens is 418 g/mol. The van der Waals surface area contributed by atoms with E-state index in [2.05, 4.69) is 15.0 Å². The SMILES string of the molecule is COc1ccc(S(=O)(=O)Nc2nc(C(=O)Nc3cccc(SC)c3)cs2)cc1. The molecule has 1 amide bonds. The number of nitrogens with one attached hydrogen (secondary N) is 2. The second-order valence-electron chi connectivity index (χ2n) is 5.51. The van der Waals surface area contributed by atoms with Gasteiger partial charge in [-0.3, -0.25) is 9.52 Å². The average molecular weight is 436 g/mol. The highest BCUT2D eigenvalue weighted by Gasteiger charge is 2.18. The van der Waals surface area contributed by atoms with Gasteiger partial charge >= 0.3 is 0 Å². The molecule has 146 valence electrons. The molecule has 0 saturated carbocycles. The summed E-state index contributed by atoms with van der Waals surface area (Å²) in [4.78, 5) is 17.5. The summed E-state index contributed by atoms with van der Waals surface area (Å²) in [6.45, 7) is 0. The first-order valence-corrected chi connectivity index (χ1v) is 11.6. The lowest BCUT2D eigenvalue weighted by Gasteiger charge is -2.06. The third-order valence-electron chi connectivity index (χ3n) is 3.66. The van der Waals surface area contributed by atoms with Crippen LogP contribution in [0.4, 0.5) is 10.8 Å². The van der Waals surface area contributed by atoms with Gasteiger partial charge in [0.25, 0.3) is 15.9 Å². The van der Waals surface area contributed by atoms with Crippen molar-refractivity contribution in [3.8, 4) is 5.75 Å². The average Bonchev–Trinajstić information content (AvgIpc) is 3.16. The number of methoxy groups -OCH3 is 1. The predicted octanol–water partition coefficient (Wildman–Crippen LogP) is 3.93. The Morgan fingerprint density at radius 2 is 1.93 bits per heavy atom. The Kier molecular flexibility index (Phi) is 6.22. The molecule has 0 unspecified atom stereocenters. The van der Waals surface area contributed by atoms with E-state index in [4.69, 9.17) is 4.74 Å². The zero-order chi connectivity index (χ0) is 20.1. The highest BCUT2D eigenvalue weighted by molar-refractivity contribution is 7.98. The number of amides is 1. The first kappa shape index (κ1) is 20.2. The maximum Gasteiger partial charge on any atom is 0.275 e. The summed E-state index contributed by atoms with van der Waals surface area (Å²) in [5, 5.41) is 4.36. The number of thioether (sulfide) groups is 1. The molecule has 3 aromatic rings. The van der Waals surface area contributed by atoms with Gasteiger partial charge in [-0.2, -0.15) is 0 Å². The summed E-state index contributed by atoms with van der Waals surface area (Å²) in [6.07, 6.45) is 1.95. The van der Waals surface area contributed by atoms with E-state index < -0.39 is 15.9 Å². The lowest BCUT2D eigenvalue weighted by Crippen LogP contribution is -2.14. The molecule has 7 nitrogen and oxygen atoms in total. The summed E-state index contributed by atoms with van der Waals surface area (Å²) in [5.74, 6) is 0.141. The number of hydrogen-bond acceptors (Lipinski definition) is 7. The third-order valence-corrected chi connectivity index (χ3v) is 6.62. The van der Waals surface area contributed by atoms with Crippen molar-refractivity contribution in [1.82, 2.24) is 4.98 Å². The van der Waals surface area contributed by atoms with Crippen LogP contribution >= 0.6 is 23.1 Å². The van der Waals surface area contributed by atoms with Crippen molar-refractivity contribution in [3.05, 3.63) is 59.6 Å². The van der Waals surface area contributed by atoms with Crippen LogP contribution in [-0.2, 0) is 10.0 Å². The summed E-state index contributed by atoms with van der Waals surface area (Å²) in [6, 6.07) is 13.4. The molecule has 0 bridgehead atoms. The largest absolute Gasteiger partial charge is 0.497 e. The third kappa shape index (κ3) is 4.83. The van der Waals surface area contributed by atoms with Crippen LogP contribution in [-0.4, -0.2) is 32.7 Å². The molecule has 1 heterocycles. The zero-order valence-corrected chi connectivity index (χ0v) is 17.5. The minimum absolute atomic E-state index is 0.0726. The molecule has 3 rings (SSSR count). The van der Waals surface area contributed by atoms with Crippen molar-refractivity contribution in [2.75, 3.05) is 23.4 Å². The van der Waals surface area contributed by atoms with Crippen LogP contribution in [0.1, 0.15) is 10.5 Å². The standard InChI is InChI=1S/C18H17N3O4S3/c1-25-13-6-8-15(9-7-13)28(23,24)21-18-20-16(11-27-18)17(22)19-12-4-3-5-14(10-12)26-2/h3-11H,1-2H3,(H,19,22)(H,20,21). The molecule has 10 heteroatoms. The van der Waals surface area contributed by atoms with E-state index in [1.54, 1.807) is 30.0 Å². The molecule has 0 aliphatic rings. The molecule has 0 spiro atoms. The number of nitrogens with zero attached hydrogens (tertiary/aromatic N) is 1. The molecule has 0 fully saturated rings. The van der Waals surface area contributed by atoms with Crippen molar-refractivity contribution in [1.29, 1.82) is 0 Å². The fourth-order valence-electron chi connectivity index (χ4n) is 2.25. The number of carbonyl (C=O) groups is 1. The molecule has 2 aromatic carbocycles. The zero-order valence-electron chi connectivity index (χ0n) is 15.0. The molecule has 0 atom stereocenters. The van der Waals surface area contributed by atoms with E-state index in [1.165, 1.54) is 24.6 Å². The number of aromatic nitrogens is 1. The molecule has 0 saturated heterocycles. The highest BCUT2D eigenvalue weighted by Crippen LogP contribution is 2.23. The number of sulfonamides is 1.